The maximum absolute atomic E-state index is 11.4. The Kier molecular flexibility index (Phi) is 5.46. The molecule has 2 N–H and O–H groups in total. The minimum absolute atomic E-state index is 0.0520. The van der Waals surface area contributed by atoms with E-state index in [1.165, 1.54) is 26.6 Å². The van der Waals surface area contributed by atoms with Crippen molar-refractivity contribution < 1.29 is 24.1 Å². The number of esters is 1. The minimum atomic E-state index is -0.522. The van der Waals surface area contributed by atoms with Crippen LogP contribution in [0.3, 0.4) is 0 Å². The predicted molar refractivity (Wildman–Crippen MR) is 100 cm³/mol. The molecule has 0 saturated heterocycles. The molecule has 0 atom stereocenters. The Morgan fingerprint density at radius 3 is 2.78 bits per heavy atom. The molecule has 3 aromatic rings. The molecule has 0 bridgehead atoms. The average Bonchev–Trinajstić information content (AvgIpc) is 2.69. The van der Waals surface area contributed by atoms with Crippen LogP contribution in [0.1, 0.15) is 0 Å². The van der Waals surface area contributed by atoms with Crippen LogP contribution in [0.2, 0.25) is 5.02 Å². The first kappa shape index (κ1) is 18.5. The van der Waals surface area contributed by atoms with E-state index >= 15 is 0 Å². The van der Waals surface area contributed by atoms with E-state index in [4.69, 9.17) is 21.1 Å². The van der Waals surface area contributed by atoms with E-state index < -0.39 is 5.97 Å². The highest BCUT2D eigenvalue weighted by atomic mass is 35.5. The number of carbonyl (C=O) groups excluding carboxylic acids is 1. The van der Waals surface area contributed by atoms with Gasteiger partial charge in [-0.05, 0) is 18.2 Å². The van der Waals surface area contributed by atoms with E-state index in [1.807, 2.05) is 0 Å². The third-order valence-electron chi connectivity index (χ3n) is 3.73. The zero-order valence-electron chi connectivity index (χ0n) is 14.5. The lowest BCUT2D eigenvalue weighted by Crippen LogP contribution is -2.13. The number of aromatic nitrogens is 2. The number of hydrogen-bond donors (Lipinski definition) is 2. The van der Waals surface area contributed by atoms with Gasteiger partial charge in [0, 0.05) is 11.5 Å². The van der Waals surface area contributed by atoms with E-state index in [2.05, 4.69) is 20.0 Å². The normalized spacial score (nSPS) is 10.5. The molecule has 1 aromatic heterocycles. The number of phenols is 1. The standard InChI is InChI=1S/C18H16ClN3O5/c1-25-14-7-12-10(6-15(14)27-8-16(24)26-2)18(21-9-20-12)22-11-4-3-5-13(23)17(11)19/h3-7,9,23H,8H2,1-2H3,(H,20,21,22). The van der Waals surface area contributed by atoms with Crippen LogP contribution in [0.5, 0.6) is 17.2 Å². The highest BCUT2D eigenvalue weighted by Crippen LogP contribution is 2.37. The van der Waals surface area contributed by atoms with Crippen LogP contribution in [-0.4, -0.2) is 41.9 Å². The van der Waals surface area contributed by atoms with Gasteiger partial charge in [0.15, 0.2) is 18.1 Å². The van der Waals surface area contributed by atoms with Gasteiger partial charge < -0.3 is 24.6 Å². The number of nitrogens with one attached hydrogen (secondary N) is 1. The largest absolute Gasteiger partial charge is 0.506 e. The molecule has 0 fully saturated rings. The maximum atomic E-state index is 11.4. The molecule has 0 radical (unpaired) electrons. The number of halogens is 1. The number of ether oxygens (including phenoxy) is 3. The second kappa shape index (κ2) is 7.96. The summed E-state index contributed by atoms with van der Waals surface area (Å²) in [6, 6.07) is 8.15. The first-order valence-electron chi connectivity index (χ1n) is 7.80. The van der Waals surface area contributed by atoms with Crippen LogP contribution in [0.25, 0.3) is 10.9 Å². The predicted octanol–water partition coefficient (Wildman–Crippen LogP) is 3.29. The lowest BCUT2D eigenvalue weighted by Gasteiger charge is -2.14. The summed E-state index contributed by atoms with van der Waals surface area (Å²) in [6.07, 6.45) is 1.38. The molecule has 8 nitrogen and oxygen atoms in total. The summed E-state index contributed by atoms with van der Waals surface area (Å²) in [5, 5.41) is 13.6. The molecule has 9 heteroatoms. The topological polar surface area (TPSA) is 103 Å². The molecule has 27 heavy (non-hydrogen) atoms. The van der Waals surface area contributed by atoms with E-state index in [0.717, 1.165) is 0 Å². The molecular weight excluding hydrogens is 374 g/mol. The van der Waals surface area contributed by atoms with Crippen molar-refractivity contribution in [2.24, 2.45) is 0 Å². The van der Waals surface area contributed by atoms with Crippen LogP contribution in [0.15, 0.2) is 36.7 Å². The number of fused-ring (bicyclic) bond motifs is 1. The van der Waals surface area contributed by atoms with Gasteiger partial charge in [-0.25, -0.2) is 14.8 Å². The summed E-state index contributed by atoms with van der Waals surface area (Å²) in [5.74, 6) is 0.606. The summed E-state index contributed by atoms with van der Waals surface area (Å²) < 4.78 is 15.4. The molecule has 140 valence electrons. The highest BCUT2D eigenvalue weighted by molar-refractivity contribution is 6.34. The Morgan fingerprint density at radius 2 is 2.04 bits per heavy atom. The van der Waals surface area contributed by atoms with Crippen LogP contribution in [0, 0.1) is 0 Å². The number of methoxy groups -OCH3 is 2. The fraction of sp³-hybridized carbons (Fsp3) is 0.167. The SMILES string of the molecule is COC(=O)COc1cc2c(Nc3cccc(O)c3Cl)ncnc2cc1OC. The maximum Gasteiger partial charge on any atom is 0.343 e. The zero-order valence-corrected chi connectivity index (χ0v) is 15.3. The van der Waals surface area contributed by atoms with Crippen molar-refractivity contribution >= 4 is 40.0 Å². The van der Waals surface area contributed by atoms with Gasteiger partial charge in [-0.3, -0.25) is 0 Å². The van der Waals surface area contributed by atoms with Gasteiger partial charge in [0.1, 0.15) is 22.9 Å². The van der Waals surface area contributed by atoms with E-state index in [1.54, 1.807) is 24.3 Å². The molecule has 0 aliphatic carbocycles. The number of carbonyl (C=O) groups is 1. The first-order valence-corrected chi connectivity index (χ1v) is 8.18. The average molecular weight is 390 g/mol. The monoisotopic (exact) mass is 389 g/mol. The Bertz CT molecular complexity index is 996. The molecule has 0 saturated carbocycles. The van der Waals surface area contributed by atoms with Crippen LogP contribution in [0.4, 0.5) is 11.5 Å². The first-order chi connectivity index (χ1) is 13.0. The van der Waals surface area contributed by atoms with Crippen LogP contribution in [-0.2, 0) is 9.53 Å². The summed E-state index contributed by atoms with van der Waals surface area (Å²) in [4.78, 5) is 19.8. The smallest absolute Gasteiger partial charge is 0.343 e. The molecule has 0 aliphatic rings. The van der Waals surface area contributed by atoms with Crippen molar-refractivity contribution in [2.45, 2.75) is 0 Å². The molecule has 0 unspecified atom stereocenters. The Balaban J connectivity index is 2.03. The van der Waals surface area contributed by atoms with Crippen molar-refractivity contribution in [3.8, 4) is 17.2 Å². The Morgan fingerprint density at radius 1 is 1.22 bits per heavy atom. The summed E-state index contributed by atoms with van der Waals surface area (Å²) in [6.45, 7) is -0.271. The Hall–Kier alpha value is -3.26. The second-order valence-corrected chi connectivity index (χ2v) is 5.75. The van der Waals surface area contributed by atoms with Crippen molar-refractivity contribution in [1.82, 2.24) is 9.97 Å². The van der Waals surface area contributed by atoms with Gasteiger partial charge in [0.05, 0.1) is 25.4 Å². The lowest BCUT2D eigenvalue weighted by atomic mass is 10.2. The number of phenolic OH excluding ortho intramolecular Hbond substituents is 1. The van der Waals surface area contributed by atoms with Crippen molar-refractivity contribution in [3.05, 3.63) is 41.7 Å². The zero-order chi connectivity index (χ0) is 19.4. The van der Waals surface area contributed by atoms with E-state index in [9.17, 15) is 9.90 Å². The van der Waals surface area contributed by atoms with Crippen molar-refractivity contribution in [3.63, 3.8) is 0 Å². The van der Waals surface area contributed by atoms with E-state index in [-0.39, 0.29) is 17.4 Å². The number of rotatable bonds is 6. The molecule has 3 rings (SSSR count). The molecular formula is C18H16ClN3O5. The summed E-state index contributed by atoms with van der Waals surface area (Å²) in [5.41, 5.74) is 1.07. The quantitative estimate of drug-likeness (QED) is 0.619. The van der Waals surface area contributed by atoms with Crippen LogP contribution >= 0.6 is 11.6 Å². The van der Waals surface area contributed by atoms with Crippen molar-refractivity contribution in [2.75, 3.05) is 26.1 Å². The number of nitrogens with zero attached hydrogens (tertiary/aromatic N) is 2. The molecule has 0 spiro atoms. The van der Waals surface area contributed by atoms with Gasteiger partial charge in [-0.1, -0.05) is 17.7 Å². The number of benzene rings is 2. The van der Waals surface area contributed by atoms with Gasteiger partial charge in [-0.15, -0.1) is 0 Å². The summed E-state index contributed by atoms with van der Waals surface area (Å²) in [7, 11) is 2.76. The minimum Gasteiger partial charge on any atom is -0.506 e. The van der Waals surface area contributed by atoms with E-state index in [0.29, 0.717) is 33.9 Å². The fourth-order valence-electron chi connectivity index (χ4n) is 2.38. The summed E-state index contributed by atoms with van der Waals surface area (Å²) >= 11 is 6.12. The molecule has 0 aliphatic heterocycles. The second-order valence-electron chi connectivity index (χ2n) is 5.37. The van der Waals surface area contributed by atoms with Gasteiger partial charge >= 0.3 is 5.97 Å². The van der Waals surface area contributed by atoms with Crippen LogP contribution < -0.4 is 14.8 Å². The number of hydrogen-bond acceptors (Lipinski definition) is 8. The Labute approximate surface area is 159 Å². The fourth-order valence-corrected chi connectivity index (χ4v) is 2.55. The highest BCUT2D eigenvalue weighted by Gasteiger charge is 2.14. The van der Waals surface area contributed by atoms with Gasteiger partial charge in [-0.2, -0.15) is 0 Å². The number of aromatic hydroxyl groups is 1. The molecule has 2 aromatic carbocycles. The van der Waals surface area contributed by atoms with Gasteiger partial charge in [0.2, 0.25) is 0 Å². The third-order valence-corrected chi connectivity index (χ3v) is 4.12. The van der Waals surface area contributed by atoms with Crippen molar-refractivity contribution in [1.29, 1.82) is 0 Å². The number of anilines is 2. The third kappa shape index (κ3) is 3.95. The van der Waals surface area contributed by atoms with Gasteiger partial charge in [0.25, 0.3) is 0 Å². The molecule has 1 heterocycles. The lowest BCUT2D eigenvalue weighted by molar-refractivity contribution is -0.142. The molecule has 0 amide bonds.